The van der Waals surface area contributed by atoms with Crippen LogP contribution < -0.4 is 4.72 Å². The summed E-state index contributed by atoms with van der Waals surface area (Å²) in [6.07, 6.45) is 0. The van der Waals surface area contributed by atoms with Crippen molar-refractivity contribution in [3.8, 4) is 0 Å². The van der Waals surface area contributed by atoms with Gasteiger partial charge in [-0.05, 0) is 0 Å². The summed E-state index contributed by atoms with van der Waals surface area (Å²) in [6.45, 7) is 1.90. The summed E-state index contributed by atoms with van der Waals surface area (Å²) in [4.78, 5) is 10.6. The number of carbonyl (C=O) groups is 1. The molecule has 0 aliphatic carbocycles. The highest BCUT2D eigenvalue weighted by Crippen LogP contribution is 1.95. The standard InChI is InChI=1S/C7H15NO4S/c1-6(9)8-13(10)7(4-11-2)5-12-3/h7H,4-5H2,1-3H3,(H,8,9). The number of ether oxygens (including phenoxy) is 2. The normalized spacial score (nSPS) is 12.9. The SMILES string of the molecule is COCC(COC)S(=O)NC(C)=O. The Labute approximate surface area is 80.4 Å². The first kappa shape index (κ1) is 12.5. The minimum absolute atomic E-state index is 0.292. The van der Waals surface area contributed by atoms with Crippen LogP contribution in [0.3, 0.4) is 0 Å². The summed E-state index contributed by atoms with van der Waals surface area (Å²) in [5.41, 5.74) is 0. The van der Waals surface area contributed by atoms with Crippen LogP contribution in [0.25, 0.3) is 0 Å². The van der Waals surface area contributed by atoms with E-state index in [1.807, 2.05) is 0 Å². The van der Waals surface area contributed by atoms with Crippen molar-refractivity contribution in [1.29, 1.82) is 0 Å². The number of amides is 1. The molecule has 0 rings (SSSR count). The first-order valence-corrected chi connectivity index (χ1v) is 4.98. The lowest BCUT2D eigenvalue weighted by Crippen LogP contribution is -2.36. The van der Waals surface area contributed by atoms with E-state index in [1.165, 1.54) is 21.1 Å². The average molecular weight is 209 g/mol. The molecule has 1 unspecified atom stereocenters. The van der Waals surface area contributed by atoms with Crippen LogP contribution in [-0.2, 0) is 25.3 Å². The maximum atomic E-state index is 11.4. The molecule has 0 aromatic carbocycles. The smallest absolute Gasteiger partial charge is 0.228 e. The Hall–Kier alpha value is -0.460. The van der Waals surface area contributed by atoms with Gasteiger partial charge in [0.2, 0.25) is 5.91 Å². The van der Waals surface area contributed by atoms with E-state index < -0.39 is 11.0 Å². The number of carbonyl (C=O) groups excluding carboxylic acids is 1. The molecule has 0 radical (unpaired) electrons. The van der Waals surface area contributed by atoms with Gasteiger partial charge < -0.3 is 9.47 Å². The van der Waals surface area contributed by atoms with Crippen LogP contribution in [0.5, 0.6) is 0 Å². The van der Waals surface area contributed by atoms with Gasteiger partial charge in [0, 0.05) is 21.1 Å². The van der Waals surface area contributed by atoms with E-state index in [-0.39, 0.29) is 11.2 Å². The number of hydrogen-bond acceptors (Lipinski definition) is 4. The van der Waals surface area contributed by atoms with E-state index in [4.69, 9.17) is 9.47 Å². The van der Waals surface area contributed by atoms with Gasteiger partial charge in [-0.25, -0.2) is 4.21 Å². The second-order valence-electron chi connectivity index (χ2n) is 2.49. The zero-order valence-electron chi connectivity index (χ0n) is 8.03. The maximum Gasteiger partial charge on any atom is 0.228 e. The summed E-state index contributed by atoms with van der Waals surface area (Å²) in [5.74, 6) is -0.324. The molecule has 1 amide bonds. The van der Waals surface area contributed by atoms with Gasteiger partial charge in [0.1, 0.15) is 16.2 Å². The molecule has 5 nitrogen and oxygen atoms in total. The minimum Gasteiger partial charge on any atom is -0.383 e. The highest BCUT2D eigenvalue weighted by Gasteiger charge is 2.17. The molecule has 0 aromatic rings. The quantitative estimate of drug-likeness (QED) is 0.637. The van der Waals surface area contributed by atoms with Crippen molar-refractivity contribution in [2.75, 3.05) is 27.4 Å². The third-order valence-corrected chi connectivity index (χ3v) is 2.62. The largest absolute Gasteiger partial charge is 0.383 e. The summed E-state index contributed by atoms with van der Waals surface area (Å²) in [5, 5.41) is -0.320. The van der Waals surface area contributed by atoms with Gasteiger partial charge in [-0.3, -0.25) is 9.52 Å². The van der Waals surface area contributed by atoms with Gasteiger partial charge in [-0.1, -0.05) is 0 Å². The van der Waals surface area contributed by atoms with Gasteiger partial charge >= 0.3 is 0 Å². The lowest BCUT2D eigenvalue weighted by atomic mass is 10.5. The molecule has 0 saturated carbocycles. The molecule has 13 heavy (non-hydrogen) atoms. The Morgan fingerprint density at radius 1 is 1.38 bits per heavy atom. The predicted molar refractivity (Wildman–Crippen MR) is 49.5 cm³/mol. The van der Waals surface area contributed by atoms with Crippen molar-refractivity contribution in [3.63, 3.8) is 0 Å². The summed E-state index contributed by atoms with van der Waals surface area (Å²) < 4.78 is 23.3. The van der Waals surface area contributed by atoms with Gasteiger partial charge in [0.25, 0.3) is 0 Å². The fraction of sp³-hybridized carbons (Fsp3) is 0.857. The molecule has 0 fully saturated rings. The van der Waals surface area contributed by atoms with Gasteiger partial charge in [-0.15, -0.1) is 0 Å². The molecule has 0 aromatic heterocycles. The molecular weight excluding hydrogens is 194 g/mol. The molecule has 6 heteroatoms. The molecule has 0 aliphatic heterocycles. The Morgan fingerprint density at radius 2 is 1.85 bits per heavy atom. The van der Waals surface area contributed by atoms with Gasteiger partial charge in [-0.2, -0.15) is 0 Å². The Bertz CT molecular complexity index is 179. The van der Waals surface area contributed by atoms with Gasteiger partial charge in [0.15, 0.2) is 0 Å². The molecular formula is C7H15NO4S. The predicted octanol–water partition coefficient (Wildman–Crippen LogP) is -0.552. The topological polar surface area (TPSA) is 64.6 Å². The lowest BCUT2D eigenvalue weighted by molar-refractivity contribution is -0.117. The number of nitrogens with one attached hydrogen (secondary N) is 1. The Balaban J connectivity index is 4.02. The monoisotopic (exact) mass is 209 g/mol. The Morgan fingerprint density at radius 3 is 2.15 bits per heavy atom. The molecule has 0 aliphatic rings. The summed E-state index contributed by atoms with van der Waals surface area (Å²) in [6, 6.07) is 0. The van der Waals surface area contributed by atoms with Crippen LogP contribution in [0.2, 0.25) is 0 Å². The molecule has 0 bridgehead atoms. The van der Waals surface area contributed by atoms with Crippen molar-refractivity contribution in [3.05, 3.63) is 0 Å². The first-order chi connectivity index (χ1) is 6.11. The highest BCUT2D eigenvalue weighted by atomic mass is 32.2. The fourth-order valence-electron chi connectivity index (χ4n) is 0.768. The second kappa shape index (κ2) is 6.99. The van der Waals surface area contributed by atoms with Crippen LogP contribution in [-0.4, -0.2) is 42.8 Å². The summed E-state index contributed by atoms with van der Waals surface area (Å²) >= 11 is 0. The highest BCUT2D eigenvalue weighted by molar-refractivity contribution is 7.84. The first-order valence-electron chi connectivity index (χ1n) is 3.77. The minimum atomic E-state index is -1.44. The molecule has 1 N–H and O–H groups in total. The third kappa shape index (κ3) is 5.73. The van der Waals surface area contributed by atoms with Crippen molar-refractivity contribution in [1.82, 2.24) is 4.72 Å². The van der Waals surface area contributed by atoms with E-state index >= 15 is 0 Å². The molecule has 0 spiro atoms. The number of rotatable bonds is 6. The van der Waals surface area contributed by atoms with E-state index in [9.17, 15) is 9.00 Å². The van der Waals surface area contributed by atoms with Crippen molar-refractivity contribution >= 4 is 16.9 Å². The second-order valence-corrected chi connectivity index (χ2v) is 3.95. The summed E-state index contributed by atoms with van der Waals surface area (Å²) in [7, 11) is 1.58. The lowest BCUT2D eigenvalue weighted by Gasteiger charge is -2.13. The maximum absolute atomic E-state index is 11.4. The van der Waals surface area contributed by atoms with Crippen LogP contribution >= 0.6 is 0 Å². The van der Waals surface area contributed by atoms with E-state index in [1.54, 1.807) is 0 Å². The molecule has 1 atom stereocenters. The molecule has 0 heterocycles. The number of hydrogen-bond donors (Lipinski definition) is 1. The van der Waals surface area contributed by atoms with Crippen LogP contribution in [0.4, 0.5) is 0 Å². The van der Waals surface area contributed by atoms with Gasteiger partial charge in [0.05, 0.1) is 13.2 Å². The Kier molecular flexibility index (Phi) is 6.75. The van der Waals surface area contributed by atoms with Crippen LogP contribution in [0, 0.1) is 0 Å². The fourth-order valence-corrected chi connectivity index (χ4v) is 1.74. The van der Waals surface area contributed by atoms with E-state index in [2.05, 4.69) is 4.72 Å². The van der Waals surface area contributed by atoms with E-state index in [0.717, 1.165) is 0 Å². The molecule has 0 saturated heterocycles. The molecule has 78 valence electrons. The van der Waals surface area contributed by atoms with Crippen molar-refractivity contribution in [2.24, 2.45) is 0 Å². The van der Waals surface area contributed by atoms with Crippen molar-refractivity contribution in [2.45, 2.75) is 12.2 Å². The third-order valence-electron chi connectivity index (χ3n) is 1.25. The average Bonchev–Trinajstić information content (AvgIpc) is 2.02. The number of methoxy groups -OCH3 is 2. The van der Waals surface area contributed by atoms with E-state index in [0.29, 0.717) is 13.2 Å². The zero-order chi connectivity index (χ0) is 10.3. The zero-order valence-corrected chi connectivity index (χ0v) is 8.85. The van der Waals surface area contributed by atoms with Crippen LogP contribution in [0.15, 0.2) is 0 Å². The van der Waals surface area contributed by atoms with Crippen molar-refractivity contribution < 1.29 is 18.5 Å². The van der Waals surface area contributed by atoms with Crippen LogP contribution in [0.1, 0.15) is 6.92 Å².